The van der Waals surface area contributed by atoms with E-state index >= 15 is 0 Å². The Hall–Kier alpha value is -0.650. The second kappa shape index (κ2) is 9.67. The minimum Gasteiger partial charge on any atom is -0.393 e. The van der Waals surface area contributed by atoms with Crippen LogP contribution in [0.5, 0.6) is 0 Å². The van der Waals surface area contributed by atoms with Crippen LogP contribution in [0.15, 0.2) is 0 Å². The number of aliphatic hydroxyl groups excluding tert-OH is 2. The van der Waals surface area contributed by atoms with Gasteiger partial charge in [0.2, 0.25) is 5.91 Å². The van der Waals surface area contributed by atoms with E-state index in [-0.39, 0.29) is 28.9 Å². The summed E-state index contributed by atoms with van der Waals surface area (Å²) in [6.45, 7) is 8.89. The van der Waals surface area contributed by atoms with Gasteiger partial charge in [0.1, 0.15) is 0 Å². The Bertz CT molecular complexity index is 735. The summed E-state index contributed by atoms with van der Waals surface area (Å²) in [5.41, 5.74) is 0.274. The molecular weight excluding hydrogens is 424 g/mol. The van der Waals surface area contributed by atoms with Gasteiger partial charge < -0.3 is 20.0 Å². The number of nitrogens with one attached hydrogen (secondary N) is 1. The number of fused-ring (bicyclic) bond motifs is 5. The van der Waals surface area contributed by atoms with Gasteiger partial charge in [0, 0.05) is 6.42 Å². The number of carbonyl (C=O) groups is 1. The van der Waals surface area contributed by atoms with Gasteiger partial charge in [0.15, 0.2) is 0 Å². The van der Waals surface area contributed by atoms with E-state index in [0.29, 0.717) is 36.0 Å². The van der Waals surface area contributed by atoms with E-state index < -0.39 is 0 Å². The minimum atomic E-state index is -0.241. The molecule has 0 saturated heterocycles. The molecule has 34 heavy (non-hydrogen) atoms. The number of hydrogen-bond donors (Lipinski definition) is 3. The first-order chi connectivity index (χ1) is 15.9. The lowest BCUT2D eigenvalue weighted by molar-refractivity contribution is -0.869. The maximum atomic E-state index is 12.5. The van der Waals surface area contributed by atoms with E-state index in [0.717, 1.165) is 55.6 Å². The first-order valence-electron chi connectivity index (χ1n) is 14.3. The van der Waals surface area contributed by atoms with E-state index in [4.69, 9.17) is 0 Å². The zero-order chi connectivity index (χ0) is 24.9. The van der Waals surface area contributed by atoms with Gasteiger partial charge in [-0.2, -0.15) is 0 Å². The Morgan fingerprint density at radius 1 is 1.03 bits per heavy atom. The molecule has 3 N–H and O–H groups in total. The zero-order valence-corrected chi connectivity index (χ0v) is 22.9. The molecule has 4 rings (SSSR count). The average Bonchev–Trinajstić information content (AvgIpc) is 3.11. The summed E-state index contributed by atoms with van der Waals surface area (Å²) in [7, 11) is 6.45. The summed E-state index contributed by atoms with van der Waals surface area (Å²) >= 11 is 0. The monoisotopic (exact) mass is 477 g/mol. The second-order valence-corrected chi connectivity index (χ2v) is 14.3. The normalized spacial score (nSPS) is 45.1. The Morgan fingerprint density at radius 3 is 2.47 bits per heavy atom. The molecule has 4 aliphatic carbocycles. The lowest BCUT2D eigenvalue weighted by Crippen LogP contribution is -2.58. The molecule has 10 unspecified atom stereocenters. The van der Waals surface area contributed by atoms with E-state index in [2.05, 4.69) is 47.2 Å². The molecule has 0 spiro atoms. The predicted octanol–water partition coefficient (Wildman–Crippen LogP) is 4.22. The van der Waals surface area contributed by atoms with Crippen molar-refractivity contribution in [1.29, 1.82) is 0 Å². The van der Waals surface area contributed by atoms with Gasteiger partial charge in [-0.1, -0.05) is 20.8 Å². The summed E-state index contributed by atoms with van der Waals surface area (Å²) in [5.74, 6) is 3.70. The van der Waals surface area contributed by atoms with Crippen molar-refractivity contribution in [3.05, 3.63) is 0 Å². The first kappa shape index (κ1) is 26.4. The van der Waals surface area contributed by atoms with Crippen molar-refractivity contribution in [2.75, 3.05) is 34.2 Å². The van der Waals surface area contributed by atoms with Gasteiger partial charge in [0.05, 0.1) is 46.4 Å². The zero-order valence-electron chi connectivity index (χ0n) is 22.9. The third kappa shape index (κ3) is 4.83. The maximum absolute atomic E-state index is 12.5. The third-order valence-corrected chi connectivity index (χ3v) is 11.4. The van der Waals surface area contributed by atoms with Gasteiger partial charge in [-0.3, -0.25) is 4.79 Å². The molecule has 4 saturated carbocycles. The van der Waals surface area contributed by atoms with Crippen LogP contribution >= 0.6 is 0 Å². The highest BCUT2D eigenvalue weighted by molar-refractivity contribution is 5.75. The molecule has 0 aliphatic heterocycles. The standard InChI is InChI=1S/C29H52N2O3/c1-19(7-12-27(34)30-15-16-31(4,5)6)23-10-11-24-22-9-8-20-17-21(32)13-14-28(20,2)25(22)18-26(33)29(23,24)3/h19-26,32-33H,7-18H2,1-6H3/p+1. The van der Waals surface area contributed by atoms with Crippen LogP contribution in [0.2, 0.25) is 0 Å². The van der Waals surface area contributed by atoms with E-state index in [1.165, 1.54) is 25.7 Å². The number of likely N-dealkylation sites (N-methyl/N-ethyl adjacent to an activating group) is 1. The van der Waals surface area contributed by atoms with Crippen molar-refractivity contribution >= 4 is 5.91 Å². The molecule has 1 amide bonds. The first-order valence-corrected chi connectivity index (χ1v) is 14.3. The quantitative estimate of drug-likeness (QED) is 0.481. The number of quaternary nitrogens is 1. The third-order valence-electron chi connectivity index (χ3n) is 11.4. The summed E-state index contributed by atoms with van der Waals surface area (Å²) in [5, 5.41) is 25.1. The Balaban J connectivity index is 1.39. The molecule has 5 heteroatoms. The number of rotatable bonds is 7. The number of aliphatic hydroxyl groups is 2. The average molecular weight is 478 g/mol. The highest BCUT2D eigenvalue weighted by Crippen LogP contribution is 2.68. The van der Waals surface area contributed by atoms with E-state index in [1.54, 1.807) is 0 Å². The van der Waals surface area contributed by atoms with Crippen LogP contribution in [0.25, 0.3) is 0 Å². The van der Waals surface area contributed by atoms with Crippen molar-refractivity contribution in [2.45, 2.75) is 97.2 Å². The highest BCUT2D eigenvalue weighted by atomic mass is 16.3. The molecule has 0 aromatic heterocycles. The van der Waals surface area contributed by atoms with Crippen molar-refractivity contribution in [1.82, 2.24) is 5.32 Å². The summed E-state index contributed by atoms with van der Waals surface area (Å²) in [6.07, 6.45) is 10.1. The largest absolute Gasteiger partial charge is 0.393 e. The molecule has 0 bridgehead atoms. The molecule has 0 aromatic carbocycles. The number of nitrogens with zero attached hydrogens (tertiary/aromatic N) is 1. The maximum Gasteiger partial charge on any atom is 0.220 e. The van der Waals surface area contributed by atoms with E-state index in [9.17, 15) is 15.0 Å². The molecule has 5 nitrogen and oxygen atoms in total. The molecule has 0 heterocycles. The Kier molecular flexibility index (Phi) is 7.51. The molecule has 4 fully saturated rings. The van der Waals surface area contributed by atoms with Crippen molar-refractivity contribution < 1.29 is 19.5 Å². The molecular formula is C29H53N2O3+. The van der Waals surface area contributed by atoms with Gasteiger partial charge in [0.25, 0.3) is 0 Å². The summed E-state index contributed by atoms with van der Waals surface area (Å²) < 4.78 is 0.860. The van der Waals surface area contributed by atoms with Crippen LogP contribution in [0.1, 0.15) is 85.0 Å². The lowest BCUT2D eigenvalue weighted by atomic mass is 9.43. The van der Waals surface area contributed by atoms with E-state index in [1.807, 2.05) is 0 Å². The number of hydrogen-bond acceptors (Lipinski definition) is 3. The number of amides is 1. The van der Waals surface area contributed by atoms with Crippen molar-refractivity contribution in [2.24, 2.45) is 46.3 Å². The molecule has 0 aromatic rings. The summed E-state index contributed by atoms with van der Waals surface area (Å²) in [6, 6.07) is 0. The molecule has 0 radical (unpaired) electrons. The van der Waals surface area contributed by atoms with Crippen LogP contribution in [0.3, 0.4) is 0 Å². The van der Waals surface area contributed by atoms with Crippen LogP contribution < -0.4 is 5.32 Å². The van der Waals surface area contributed by atoms with Gasteiger partial charge >= 0.3 is 0 Å². The lowest BCUT2D eigenvalue weighted by Gasteiger charge is -2.62. The summed E-state index contributed by atoms with van der Waals surface area (Å²) in [4.78, 5) is 12.5. The minimum absolute atomic E-state index is 0.0157. The van der Waals surface area contributed by atoms with Gasteiger partial charge in [-0.25, -0.2) is 0 Å². The fourth-order valence-corrected chi connectivity index (χ4v) is 9.34. The second-order valence-electron chi connectivity index (χ2n) is 14.3. The predicted molar refractivity (Wildman–Crippen MR) is 137 cm³/mol. The topological polar surface area (TPSA) is 69.6 Å². The number of carbonyl (C=O) groups excluding carboxylic acids is 1. The van der Waals surface area contributed by atoms with Crippen LogP contribution in [-0.2, 0) is 4.79 Å². The van der Waals surface area contributed by atoms with Crippen LogP contribution in [-0.4, -0.2) is 67.0 Å². The molecule has 10 atom stereocenters. The molecule has 4 aliphatic rings. The SMILES string of the molecule is CC(CCC(=O)NCC[N+](C)(C)C)C1CCC2C3CCC4CC(O)CCC4(C)C3CC(O)C12C. The van der Waals surface area contributed by atoms with Crippen molar-refractivity contribution in [3.63, 3.8) is 0 Å². The van der Waals surface area contributed by atoms with Gasteiger partial charge in [-0.05, 0) is 104 Å². The van der Waals surface area contributed by atoms with Crippen LogP contribution in [0.4, 0.5) is 0 Å². The smallest absolute Gasteiger partial charge is 0.220 e. The van der Waals surface area contributed by atoms with Crippen LogP contribution in [0, 0.1) is 46.3 Å². The fourth-order valence-electron chi connectivity index (χ4n) is 9.34. The molecule has 196 valence electrons. The van der Waals surface area contributed by atoms with Gasteiger partial charge in [-0.15, -0.1) is 0 Å². The fraction of sp³-hybridized carbons (Fsp3) is 0.966. The Labute approximate surface area is 208 Å². The highest BCUT2D eigenvalue weighted by Gasteiger charge is 2.63. The van der Waals surface area contributed by atoms with Crippen molar-refractivity contribution in [3.8, 4) is 0 Å². The Morgan fingerprint density at radius 2 is 1.76 bits per heavy atom.